The van der Waals surface area contributed by atoms with Crippen molar-refractivity contribution in [3.05, 3.63) is 89.5 Å². The first-order valence-electron chi connectivity index (χ1n) is 11.2. The number of hydrogen-bond acceptors (Lipinski definition) is 7. The van der Waals surface area contributed by atoms with Gasteiger partial charge in [0.15, 0.2) is 5.78 Å². The van der Waals surface area contributed by atoms with Gasteiger partial charge in [-0.1, -0.05) is 48.5 Å². The van der Waals surface area contributed by atoms with E-state index < -0.39 is 17.7 Å². The highest BCUT2D eigenvalue weighted by molar-refractivity contribution is 6.34. The molecule has 3 aromatic rings. The average Bonchev–Trinajstić information content (AvgIpc) is 3.19. The molecule has 8 heteroatoms. The lowest BCUT2D eigenvalue weighted by molar-refractivity contribution is -0.153. The highest BCUT2D eigenvalue weighted by atomic mass is 16.5. The molecule has 8 nitrogen and oxygen atoms in total. The number of ether oxygens (including phenoxy) is 1. The van der Waals surface area contributed by atoms with Gasteiger partial charge in [0.25, 0.3) is 5.78 Å². The van der Waals surface area contributed by atoms with Crippen molar-refractivity contribution >= 4 is 29.2 Å². The smallest absolute Gasteiger partial charge is 0.376 e. The van der Waals surface area contributed by atoms with Crippen molar-refractivity contribution in [1.82, 2.24) is 5.43 Å². The number of ketones is 2. The van der Waals surface area contributed by atoms with E-state index in [1.165, 1.54) is 0 Å². The van der Waals surface area contributed by atoms with Crippen LogP contribution < -0.4 is 10.9 Å². The molecule has 0 amide bonds. The van der Waals surface area contributed by atoms with E-state index in [2.05, 4.69) is 10.9 Å². The molecule has 35 heavy (non-hydrogen) atoms. The Morgan fingerprint density at radius 3 is 2.00 bits per heavy atom. The monoisotopic (exact) mass is 472 g/mol. The molecule has 0 spiro atoms. The zero-order valence-electron chi connectivity index (χ0n) is 18.8. The van der Waals surface area contributed by atoms with Gasteiger partial charge in [-0.15, -0.1) is 0 Å². The van der Waals surface area contributed by atoms with Gasteiger partial charge in [-0.3, -0.25) is 14.4 Å². The molecule has 0 unspecified atom stereocenters. The van der Waals surface area contributed by atoms with Crippen molar-refractivity contribution < 1.29 is 29.0 Å². The zero-order chi connectivity index (χ0) is 24.8. The van der Waals surface area contributed by atoms with Crippen molar-refractivity contribution in [2.45, 2.75) is 18.8 Å². The summed E-state index contributed by atoms with van der Waals surface area (Å²) in [5, 5.41) is 8.67. The van der Waals surface area contributed by atoms with Gasteiger partial charge in [-0.05, 0) is 46.5 Å². The summed E-state index contributed by atoms with van der Waals surface area (Å²) in [4.78, 5) is 47.0. The number of carbonyl (C=O) groups is 4. The Hall–Kier alpha value is -4.30. The molecule has 0 fully saturated rings. The molecule has 3 N–H and O–H groups in total. The zero-order valence-corrected chi connectivity index (χ0v) is 18.8. The maximum atomic E-state index is 12.3. The second kappa shape index (κ2) is 10.8. The number of aliphatic carboxylic acids is 1. The average molecular weight is 472 g/mol. The number of fused-ring (bicyclic) bond motifs is 3. The summed E-state index contributed by atoms with van der Waals surface area (Å²) in [5.74, 6) is -3.06. The van der Waals surface area contributed by atoms with Crippen LogP contribution in [-0.4, -0.2) is 41.8 Å². The predicted octanol–water partition coefficient (Wildman–Crippen LogP) is 3.58. The van der Waals surface area contributed by atoms with E-state index in [9.17, 15) is 19.2 Å². The Labute approximate surface area is 201 Å². The number of Topliss-reactive ketones (excluding diaryl/α,β-unsaturated/α-hetero) is 2. The molecule has 3 aromatic carbocycles. The number of carboxylic acids is 1. The first-order valence-corrected chi connectivity index (χ1v) is 11.2. The van der Waals surface area contributed by atoms with E-state index in [-0.39, 0.29) is 37.7 Å². The molecule has 178 valence electrons. The predicted molar refractivity (Wildman–Crippen MR) is 129 cm³/mol. The van der Waals surface area contributed by atoms with E-state index in [1.54, 1.807) is 24.3 Å². The maximum Gasteiger partial charge on any atom is 0.376 e. The Morgan fingerprint density at radius 2 is 1.40 bits per heavy atom. The van der Waals surface area contributed by atoms with Crippen molar-refractivity contribution in [2.75, 3.05) is 18.6 Å². The van der Waals surface area contributed by atoms with Gasteiger partial charge >= 0.3 is 11.9 Å². The van der Waals surface area contributed by atoms with Crippen molar-refractivity contribution in [3.63, 3.8) is 0 Å². The third kappa shape index (κ3) is 5.62. The van der Waals surface area contributed by atoms with Gasteiger partial charge in [0.1, 0.15) is 6.61 Å². The fraction of sp³-hybridized carbons (Fsp3) is 0.185. The number of benzene rings is 3. The lowest BCUT2D eigenvalue weighted by atomic mass is 9.98. The van der Waals surface area contributed by atoms with Crippen LogP contribution in [0.25, 0.3) is 11.1 Å². The highest BCUT2D eigenvalue weighted by Crippen LogP contribution is 2.44. The molecular weight excluding hydrogens is 448 g/mol. The number of carbonyl (C=O) groups excluding carboxylic acids is 3. The van der Waals surface area contributed by atoms with Crippen LogP contribution >= 0.6 is 0 Å². The fourth-order valence-corrected chi connectivity index (χ4v) is 4.08. The first kappa shape index (κ1) is 23.8. The molecule has 0 saturated heterocycles. The van der Waals surface area contributed by atoms with Crippen LogP contribution in [-0.2, 0) is 19.1 Å². The third-order valence-electron chi connectivity index (χ3n) is 5.83. The minimum absolute atomic E-state index is 0.0728. The summed E-state index contributed by atoms with van der Waals surface area (Å²) in [6.07, 6.45) is -0.298. The number of carboxylic acid groups (broad SMARTS) is 1. The Bertz CT molecular complexity index is 1220. The van der Waals surface area contributed by atoms with Crippen LogP contribution in [0.4, 0.5) is 5.69 Å². The minimum atomic E-state index is -1.03. The molecule has 0 aliphatic heterocycles. The number of rotatable bonds is 11. The summed E-state index contributed by atoms with van der Waals surface area (Å²) < 4.78 is 5.35. The van der Waals surface area contributed by atoms with Gasteiger partial charge in [-0.2, -0.15) is 0 Å². The summed E-state index contributed by atoms with van der Waals surface area (Å²) in [5.41, 5.74) is 10.8. The van der Waals surface area contributed by atoms with Gasteiger partial charge in [0, 0.05) is 23.6 Å². The molecule has 1 aliphatic rings. The molecule has 0 saturated carbocycles. The lowest BCUT2D eigenvalue weighted by Crippen LogP contribution is -2.34. The Kier molecular flexibility index (Phi) is 7.32. The third-order valence-corrected chi connectivity index (χ3v) is 5.83. The quantitative estimate of drug-likeness (QED) is 0.168. The molecule has 0 aromatic heterocycles. The SMILES string of the molecule is O=C(O)CCC(=O)c1ccc(NNCC(=O)C(=O)OCC2c3ccccc3-c3ccccc32)cc1. The summed E-state index contributed by atoms with van der Waals surface area (Å²) in [6.45, 7) is -0.209. The van der Waals surface area contributed by atoms with Crippen LogP contribution in [0.2, 0.25) is 0 Å². The van der Waals surface area contributed by atoms with E-state index in [4.69, 9.17) is 9.84 Å². The highest BCUT2D eigenvalue weighted by Gasteiger charge is 2.29. The largest absolute Gasteiger partial charge is 0.481 e. The van der Waals surface area contributed by atoms with E-state index >= 15 is 0 Å². The van der Waals surface area contributed by atoms with Crippen LogP contribution in [0.5, 0.6) is 0 Å². The molecule has 0 bridgehead atoms. The van der Waals surface area contributed by atoms with E-state index in [0.717, 1.165) is 22.3 Å². The molecule has 0 heterocycles. The molecule has 4 rings (SSSR count). The van der Waals surface area contributed by atoms with E-state index in [0.29, 0.717) is 11.3 Å². The van der Waals surface area contributed by atoms with Crippen molar-refractivity contribution in [3.8, 4) is 11.1 Å². The van der Waals surface area contributed by atoms with Crippen molar-refractivity contribution in [2.24, 2.45) is 0 Å². The van der Waals surface area contributed by atoms with Crippen LogP contribution in [0, 0.1) is 0 Å². The van der Waals surface area contributed by atoms with Gasteiger partial charge in [0.2, 0.25) is 0 Å². The van der Waals surface area contributed by atoms with Gasteiger partial charge in [-0.25, -0.2) is 10.2 Å². The van der Waals surface area contributed by atoms with Crippen molar-refractivity contribution in [1.29, 1.82) is 0 Å². The minimum Gasteiger partial charge on any atom is -0.481 e. The molecule has 1 aliphatic carbocycles. The van der Waals surface area contributed by atoms with Crippen LogP contribution in [0.15, 0.2) is 72.8 Å². The Morgan fingerprint density at radius 1 is 0.800 bits per heavy atom. The second-order valence-electron chi connectivity index (χ2n) is 8.12. The Balaban J connectivity index is 1.25. The van der Waals surface area contributed by atoms with Gasteiger partial charge < -0.3 is 15.3 Å². The summed E-state index contributed by atoms with van der Waals surface area (Å²) >= 11 is 0. The second-order valence-corrected chi connectivity index (χ2v) is 8.12. The number of hydrogen-bond donors (Lipinski definition) is 3. The van der Waals surface area contributed by atoms with Crippen LogP contribution in [0.1, 0.15) is 40.2 Å². The summed E-state index contributed by atoms with van der Waals surface area (Å²) in [7, 11) is 0. The number of nitrogens with one attached hydrogen (secondary N) is 2. The topological polar surface area (TPSA) is 122 Å². The van der Waals surface area contributed by atoms with E-state index in [1.807, 2.05) is 48.5 Å². The molecular formula is C27H24N2O6. The molecule has 0 atom stereocenters. The number of anilines is 1. The van der Waals surface area contributed by atoms with Gasteiger partial charge in [0.05, 0.1) is 13.0 Å². The lowest BCUT2D eigenvalue weighted by Gasteiger charge is -2.14. The fourth-order valence-electron chi connectivity index (χ4n) is 4.08. The van der Waals surface area contributed by atoms with Crippen LogP contribution in [0.3, 0.4) is 0 Å². The maximum absolute atomic E-state index is 12.3. The standard InChI is InChI=1S/C27H24N2O6/c30-24(13-14-26(32)33)17-9-11-18(12-10-17)29-28-15-25(31)27(34)35-16-23-21-7-3-1-5-19(21)20-6-2-4-8-22(20)23/h1-12,23,28-29H,13-16H2,(H,32,33). The first-order chi connectivity index (χ1) is 16.9. The summed E-state index contributed by atoms with van der Waals surface area (Å²) in [6, 6.07) is 22.2. The number of esters is 1. The number of hydrazine groups is 1. The normalized spacial score (nSPS) is 11.9. The molecule has 0 radical (unpaired) electrons.